The third-order valence-corrected chi connectivity index (χ3v) is 2.22. The number of rotatable bonds is 4. The highest BCUT2D eigenvalue weighted by Crippen LogP contribution is 2.15. The molecule has 0 radical (unpaired) electrons. The second kappa shape index (κ2) is 5.98. The predicted molar refractivity (Wildman–Crippen MR) is 52.5 cm³/mol. The molecule has 1 saturated heterocycles. The zero-order chi connectivity index (χ0) is 10.4. The van der Waals surface area contributed by atoms with Gasteiger partial charge in [-0.1, -0.05) is 13.8 Å². The van der Waals surface area contributed by atoms with Gasteiger partial charge in [-0.05, 0) is 18.8 Å². The van der Waals surface area contributed by atoms with Crippen LogP contribution in [0.2, 0.25) is 0 Å². The summed E-state index contributed by atoms with van der Waals surface area (Å²) < 4.78 is 5.16. The van der Waals surface area contributed by atoms with E-state index < -0.39 is 0 Å². The molecule has 0 saturated carbocycles. The van der Waals surface area contributed by atoms with Crippen molar-refractivity contribution in [2.24, 2.45) is 11.8 Å². The third kappa shape index (κ3) is 4.07. The number of hydrogen-bond donors (Lipinski definition) is 1. The van der Waals surface area contributed by atoms with E-state index in [1.165, 1.54) is 0 Å². The minimum Gasteiger partial charge on any atom is -0.381 e. The Bertz CT molecular complexity index is 176. The number of carbonyl (C=O) groups excluding carboxylic acids is 1. The monoisotopic (exact) mass is 201 g/mol. The molecule has 1 N–H and O–H groups in total. The van der Waals surface area contributed by atoms with Gasteiger partial charge >= 0.3 is 5.97 Å². The van der Waals surface area contributed by atoms with Crippen molar-refractivity contribution in [3.05, 3.63) is 0 Å². The highest BCUT2D eigenvalue weighted by Gasteiger charge is 2.23. The average Bonchev–Trinajstić information content (AvgIpc) is 2.18. The summed E-state index contributed by atoms with van der Waals surface area (Å²) in [6.07, 6.45) is 1.56. The van der Waals surface area contributed by atoms with Gasteiger partial charge in [-0.3, -0.25) is 4.79 Å². The molecule has 4 nitrogen and oxygen atoms in total. The standard InChI is InChI=1S/C10H19NO3/c1-8(2)7-11-14-10(12)9-3-5-13-6-4-9/h8-9,11H,3-7H2,1-2H3. The van der Waals surface area contributed by atoms with Crippen LogP contribution in [0.4, 0.5) is 0 Å². The van der Waals surface area contributed by atoms with E-state index in [0.29, 0.717) is 25.7 Å². The maximum Gasteiger partial charge on any atom is 0.327 e. The van der Waals surface area contributed by atoms with Crippen LogP contribution in [0, 0.1) is 11.8 Å². The average molecular weight is 201 g/mol. The first-order valence-electron chi connectivity index (χ1n) is 5.21. The summed E-state index contributed by atoms with van der Waals surface area (Å²) in [4.78, 5) is 16.4. The summed E-state index contributed by atoms with van der Waals surface area (Å²) in [5.74, 6) is 0.356. The maximum absolute atomic E-state index is 11.4. The van der Waals surface area contributed by atoms with Crippen LogP contribution in [0.1, 0.15) is 26.7 Å². The largest absolute Gasteiger partial charge is 0.381 e. The molecule has 1 aliphatic rings. The first-order chi connectivity index (χ1) is 6.70. The molecule has 0 spiro atoms. The van der Waals surface area contributed by atoms with Crippen molar-refractivity contribution in [3.63, 3.8) is 0 Å². The Kier molecular flexibility index (Phi) is 4.90. The molecule has 0 unspecified atom stereocenters. The van der Waals surface area contributed by atoms with E-state index in [0.717, 1.165) is 12.8 Å². The van der Waals surface area contributed by atoms with Crippen molar-refractivity contribution >= 4 is 5.97 Å². The lowest BCUT2D eigenvalue weighted by Crippen LogP contribution is -2.31. The third-order valence-electron chi connectivity index (χ3n) is 2.22. The fraction of sp³-hybridized carbons (Fsp3) is 0.900. The van der Waals surface area contributed by atoms with Crippen molar-refractivity contribution in [2.45, 2.75) is 26.7 Å². The van der Waals surface area contributed by atoms with Crippen LogP contribution in [0.25, 0.3) is 0 Å². The van der Waals surface area contributed by atoms with Crippen LogP contribution in [-0.4, -0.2) is 25.7 Å². The molecule has 0 bridgehead atoms. The van der Waals surface area contributed by atoms with Crippen molar-refractivity contribution in [2.75, 3.05) is 19.8 Å². The Morgan fingerprint density at radius 1 is 1.50 bits per heavy atom. The van der Waals surface area contributed by atoms with Gasteiger partial charge in [0.05, 0.1) is 5.92 Å². The van der Waals surface area contributed by atoms with E-state index in [-0.39, 0.29) is 11.9 Å². The molecular weight excluding hydrogens is 182 g/mol. The highest BCUT2D eigenvalue weighted by atomic mass is 16.7. The minimum absolute atomic E-state index is 0.0170. The summed E-state index contributed by atoms with van der Waals surface area (Å²) in [6.45, 7) is 6.17. The number of hydroxylamine groups is 1. The number of ether oxygens (including phenoxy) is 1. The van der Waals surface area contributed by atoms with Gasteiger partial charge in [0.15, 0.2) is 0 Å². The molecule has 0 amide bonds. The highest BCUT2D eigenvalue weighted by molar-refractivity contribution is 5.72. The van der Waals surface area contributed by atoms with Crippen molar-refractivity contribution in [3.8, 4) is 0 Å². The summed E-state index contributed by atoms with van der Waals surface area (Å²) in [5, 5.41) is 0. The summed E-state index contributed by atoms with van der Waals surface area (Å²) in [7, 11) is 0. The quantitative estimate of drug-likeness (QED) is 0.692. The molecule has 0 aromatic heterocycles. The van der Waals surface area contributed by atoms with Gasteiger partial charge in [-0.2, -0.15) is 5.48 Å². The molecule has 1 rings (SSSR count). The lowest BCUT2D eigenvalue weighted by molar-refractivity contribution is -0.159. The van der Waals surface area contributed by atoms with E-state index in [4.69, 9.17) is 9.57 Å². The van der Waals surface area contributed by atoms with Gasteiger partial charge < -0.3 is 9.57 Å². The molecule has 0 atom stereocenters. The smallest absolute Gasteiger partial charge is 0.327 e. The van der Waals surface area contributed by atoms with Gasteiger partial charge in [-0.15, -0.1) is 0 Å². The summed E-state index contributed by atoms with van der Waals surface area (Å²) in [5.41, 5.74) is 2.69. The Hall–Kier alpha value is -0.610. The van der Waals surface area contributed by atoms with E-state index in [9.17, 15) is 4.79 Å². The molecule has 0 aromatic rings. The lowest BCUT2D eigenvalue weighted by Gasteiger charge is -2.20. The predicted octanol–water partition coefficient (Wildman–Crippen LogP) is 1.12. The first-order valence-corrected chi connectivity index (χ1v) is 5.21. The fourth-order valence-electron chi connectivity index (χ4n) is 1.30. The molecule has 82 valence electrons. The molecule has 0 aliphatic carbocycles. The van der Waals surface area contributed by atoms with Crippen LogP contribution in [0.3, 0.4) is 0 Å². The van der Waals surface area contributed by atoms with Crippen LogP contribution in [0.15, 0.2) is 0 Å². The molecule has 0 aromatic carbocycles. The zero-order valence-electron chi connectivity index (χ0n) is 8.91. The molecule has 4 heteroatoms. The van der Waals surface area contributed by atoms with Crippen LogP contribution < -0.4 is 5.48 Å². The van der Waals surface area contributed by atoms with E-state index in [1.54, 1.807) is 0 Å². The van der Waals surface area contributed by atoms with Gasteiger partial charge in [0.1, 0.15) is 0 Å². The van der Waals surface area contributed by atoms with Crippen LogP contribution in [0.5, 0.6) is 0 Å². The normalized spacial score (nSPS) is 18.5. The molecule has 1 heterocycles. The molecule has 14 heavy (non-hydrogen) atoms. The van der Waals surface area contributed by atoms with Crippen molar-refractivity contribution in [1.82, 2.24) is 5.48 Å². The summed E-state index contributed by atoms with van der Waals surface area (Å²) in [6, 6.07) is 0. The topological polar surface area (TPSA) is 47.6 Å². The van der Waals surface area contributed by atoms with Crippen molar-refractivity contribution in [1.29, 1.82) is 0 Å². The number of carbonyl (C=O) groups is 1. The van der Waals surface area contributed by atoms with E-state index >= 15 is 0 Å². The van der Waals surface area contributed by atoms with Crippen molar-refractivity contribution < 1.29 is 14.4 Å². The van der Waals surface area contributed by atoms with E-state index in [1.807, 2.05) is 0 Å². The van der Waals surface area contributed by atoms with Gasteiger partial charge in [0, 0.05) is 19.8 Å². The SMILES string of the molecule is CC(C)CNOC(=O)C1CCOCC1. The van der Waals surface area contributed by atoms with Gasteiger partial charge in [0.2, 0.25) is 0 Å². The fourth-order valence-corrected chi connectivity index (χ4v) is 1.30. The molecule has 1 fully saturated rings. The Morgan fingerprint density at radius 3 is 2.71 bits per heavy atom. The van der Waals surface area contributed by atoms with E-state index in [2.05, 4.69) is 19.3 Å². The molecular formula is C10H19NO3. The Morgan fingerprint density at radius 2 is 2.14 bits per heavy atom. The Labute approximate surface area is 84.9 Å². The lowest BCUT2D eigenvalue weighted by atomic mass is 10.0. The minimum atomic E-state index is -0.144. The number of hydrogen-bond acceptors (Lipinski definition) is 4. The molecule has 1 aliphatic heterocycles. The second-order valence-electron chi connectivity index (χ2n) is 4.05. The Balaban J connectivity index is 2.13. The summed E-state index contributed by atoms with van der Waals surface area (Å²) >= 11 is 0. The zero-order valence-corrected chi connectivity index (χ0v) is 8.91. The van der Waals surface area contributed by atoms with Crippen LogP contribution in [-0.2, 0) is 14.4 Å². The van der Waals surface area contributed by atoms with Gasteiger partial charge in [-0.25, -0.2) is 0 Å². The second-order valence-corrected chi connectivity index (χ2v) is 4.05. The van der Waals surface area contributed by atoms with Gasteiger partial charge in [0.25, 0.3) is 0 Å². The maximum atomic E-state index is 11.4. The first kappa shape index (κ1) is 11.5. The van der Waals surface area contributed by atoms with Crippen LogP contribution >= 0.6 is 0 Å². The number of nitrogens with one attached hydrogen (secondary N) is 1.